The molecule has 1 unspecified atom stereocenters. The molecule has 0 bridgehead atoms. The van der Waals surface area contributed by atoms with E-state index >= 15 is 0 Å². The first kappa shape index (κ1) is 29.1. The van der Waals surface area contributed by atoms with Crippen LogP contribution >= 0.6 is 11.6 Å². The van der Waals surface area contributed by atoms with Crippen LogP contribution in [0.5, 0.6) is 5.75 Å². The van der Waals surface area contributed by atoms with Gasteiger partial charge in [0.1, 0.15) is 24.3 Å². The molecule has 1 saturated carbocycles. The number of benzene rings is 2. The van der Waals surface area contributed by atoms with Crippen molar-refractivity contribution in [2.75, 3.05) is 13.2 Å². The van der Waals surface area contributed by atoms with Gasteiger partial charge in [-0.25, -0.2) is 0 Å². The second kappa shape index (κ2) is 14.4. The lowest BCUT2D eigenvalue weighted by Crippen LogP contribution is -2.25. The van der Waals surface area contributed by atoms with Gasteiger partial charge in [0.15, 0.2) is 0 Å². The Bertz CT molecular complexity index is 1000. The van der Waals surface area contributed by atoms with Crippen LogP contribution in [0, 0.1) is 22.7 Å². The van der Waals surface area contributed by atoms with Crippen LogP contribution in [-0.2, 0) is 9.53 Å². The number of carbonyl (C=O) groups excluding carboxylic acids is 1. The summed E-state index contributed by atoms with van der Waals surface area (Å²) in [5, 5.41) is 9.24. The number of hydrogen-bond acceptors (Lipinski definition) is 4. The fourth-order valence-electron chi connectivity index (χ4n) is 5.16. The van der Waals surface area contributed by atoms with Crippen molar-refractivity contribution in [2.45, 2.75) is 89.9 Å². The fourth-order valence-corrected chi connectivity index (χ4v) is 5.22. The minimum absolute atomic E-state index is 0.0347. The predicted molar refractivity (Wildman–Crippen MR) is 151 cm³/mol. The molecule has 0 saturated heterocycles. The van der Waals surface area contributed by atoms with E-state index in [-0.39, 0.29) is 24.5 Å². The van der Waals surface area contributed by atoms with Crippen LogP contribution in [0.1, 0.15) is 90.0 Å². The van der Waals surface area contributed by atoms with Crippen LogP contribution in [0.25, 0.3) is 11.1 Å². The van der Waals surface area contributed by atoms with E-state index < -0.39 is 11.3 Å². The Morgan fingerprint density at radius 3 is 2.19 bits per heavy atom. The summed E-state index contributed by atoms with van der Waals surface area (Å²) in [4.78, 5) is 11.8. The van der Waals surface area contributed by atoms with Crippen molar-refractivity contribution in [1.82, 2.24) is 0 Å². The topological polar surface area (TPSA) is 59.3 Å². The quantitative estimate of drug-likeness (QED) is 0.150. The summed E-state index contributed by atoms with van der Waals surface area (Å²) in [5.74, 6) is 0.915. The summed E-state index contributed by atoms with van der Waals surface area (Å²) in [5.41, 5.74) is 3.58. The van der Waals surface area contributed by atoms with Gasteiger partial charge in [-0.1, -0.05) is 82.9 Å². The molecule has 5 heteroatoms. The second-order valence-electron chi connectivity index (χ2n) is 10.8. The van der Waals surface area contributed by atoms with Crippen LogP contribution in [0.15, 0.2) is 48.5 Å². The molecular formula is C32H42ClNO3. The van der Waals surface area contributed by atoms with Crippen LogP contribution in [0.3, 0.4) is 0 Å². The number of rotatable bonds is 13. The van der Waals surface area contributed by atoms with Crippen molar-refractivity contribution >= 4 is 17.6 Å². The molecule has 0 aromatic heterocycles. The third kappa shape index (κ3) is 8.50. The molecule has 1 aliphatic carbocycles. The van der Waals surface area contributed by atoms with Crippen molar-refractivity contribution in [3.05, 3.63) is 54.1 Å². The zero-order chi connectivity index (χ0) is 26.7. The summed E-state index contributed by atoms with van der Waals surface area (Å²) in [6.07, 6.45) is 10.3. The normalized spacial score (nSPS) is 20.3. The first-order valence-electron chi connectivity index (χ1n) is 13.9. The van der Waals surface area contributed by atoms with Crippen molar-refractivity contribution < 1.29 is 14.3 Å². The zero-order valence-corrected chi connectivity index (χ0v) is 23.4. The Morgan fingerprint density at radius 2 is 1.62 bits per heavy atom. The van der Waals surface area contributed by atoms with Gasteiger partial charge in [-0.05, 0) is 72.8 Å². The summed E-state index contributed by atoms with van der Waals surface area (Å²) < 4.78 is 10.9. The SMILES string of the molecule is CCCCCCC1(C#N)CCC(c2ccc(-c3ccc(OCCOC(=O)C(Cl)C(C)C)cc3)cc2)CC1. The molecule has 0 aliphatic heterocycles. The molecule has 3 rings (SSSR count). The van der Waals surface area contributed by atoms with Gasteiger partial charge in [0, 0.05) is 0 Å². The molecule has 1 atom stereocenters. The van der Waals surface area contributed by atoms with E-state index in [2.05, 4.69) is 37.3 Å². The van der Waals surface area contributed by atoms with E-state index in [0.29, 0.717) is 5.92 Å². The van der Waals surface area contributed by atoms with E-state index in [0.717, 1.165) is 43.4 Å². The van der Waals surface area contributed by atoms with Gasteiger partial charge >= 0.3 is 5.97 Å². The third-order valence-electron chi connectivity index (χ3n) is 7.67. The summed E-state index contributed by atoms with van der Waals surface area (Å²) in [7, 11) is 0. The molecule has 37 heavy (non-hydrogen) atoms. The highest BCUT2D eigenvalue weighted by Gasteiger charge is 2.35. The summed E-state index contributed by atoms with van der Waals surface area (Å²) in [6, 6.07) is 19.5. The van der Waals surface area contributed by atoms with Crippen molar-refractivity contribution in [3.63, 3.8) is 0 Å². The van der Waals surface area contributed by atoms with Gasteiger partial charge in [0.2, 0.25) is 0 Å². The number of nitriles is 1. The highest BCUT2D eigenvalue weighted by atomic mass is 35.5. The first-order valence-corrected chi connectivity index (χ1v) is 14.4. The average molecular weight is 524 g/mol. The maximum Gasteiger partial charge on any atom is 0.324 e. The number of ether oxygens (including phenoxy) is 2. The van der Waals surface area contributed by atoms with Crippen LogP contribution in [0.2, 0.25) is 0 Å². The maximum atomic E-state index is 11.8. The minimum Gasteiger partial charge on any atom is -0.490 e. The van der Waals surface area contributed by atoms with Gasteiger partial charge in [-0.15, -0.1) is 11.6 Å². The number of alkyl halides is 1. The molecule has 0 amide bonds. The summed E-state index contributed by atoms with van der Waals surface area (Å²) >= 11 is 6.01. The Balaban J connectivity index is 1.46. The monoisotopic (exact) mass is 523 g/mol. The molecule has 0 heterocycles. The lowest BCUT2D eigenvalue weighted by Gasteiger charge is -2.35. The van der Waals surface area contributed by atoms with Crippen molar-refractivity contribution in [2.24, 2.45) is 11.3 Å². The molecule has 200 valence electrons. The zero-order valence-electron chi connectivity index (χ0n) is 22.7. The lowest BCUT2D eigenvalue weighted by atomic mass is 9.67. The Morgan fingerprint density at radius 1 is 1.00 bits per heavy atom. The van der Waals surface area contributed by atoms with Crippen LogP contribution in [-0.4, -0.2) is 24.6 Å². The smallest absolute Gasteiger partial charge is 0.324 e. The number of carbonyl (C=O) groups is 1. The minimum atomic E-state index is -0.629. The Kier molecular flexibility index (Phi) is 11.3. The lowest BCUT2D eigenvalue weighted by molar-refractivity contribution is -0.144. The van der Waals surface area contributed by atoms with Gasteiger partial charge in [0.05, 0.1) is 11.5 Å². The van der Waals surface area contributed by atoms with Gasteiger partial charge in [-0.3, -0.25) is 4.79 Å². The highest BCUT2D eigenvalue weighted by molar-refractivity contribution is 6.30. The maximum absolute atomic E-state index is 11.8. The molecule has 0 N–H and O–H groups in total. The summed E-state index contributed by atoms with van der Waals surface area (Å²) in [6.45, 7) is 6.46. The number of esters is 1. The molecule has 2 aromatic carbocycles. The van der Waals surface area contributed by atoms with Gasteiger partial charge in [0.25, 0.3) is 0 Å². The number of unbranched alkanes of at least 4 members (excludes halogenated alkanes) is 3. The van der Waals surface area contributed by atoms with E-state index in [1.54, 1.807) is 0 Å². The van der Waals surface area contributed by atoms with Crippen molar-refractivity contribution in [1.29, 1.82) is 5.26 Å². The largest absolute Gasteiger partial charge is 0.490 e. The molecular weight excluding hydrogens is 482 g/mol. The molecule has 4 nitrogen and oxygen atoms in total. The molecule has 1 fully saturated rings. The first-order chi connectivity index (χ1) is 17.9. The van der Waals surface area contributed by atoms with E-state index in [1.165, 1.54) is 36.8 Å². The van der Waals surface area contributed by atoms with E-state index in [9.17, 15) is 10.1 Å². The van der Waals surface area contributed by atoms with Crippen molar-refractivity contribution in [3.8, 4) is 22.9 Å². The van der Waals surface area contributed by atoms with E-state index in [1.807, 2.05) is 38.1 Å². The molecule has 0 radical (unpaired) electrons. The fraction of sp³-hybridized carbons (Fsp3) is 0.562. The number of nitrogens with zero attached hydrogens (tertiary/aromatic N) is 1. The molecule has 2 aromatic rings. The highest BCUT2D eigenvalue weighted by Crippen LogP contribution is 2.45. The van der Waals surface area contributed by atoms with Gasteiger partial charge in [-0.2, -0.15) is 5.26 Å². The third-order valence-corrected chi connectivity index (χ3v) is 8.35. The van der Waals surface area contributed by atoms with E-state index in [4.69, 9.17) is 21.1 Å². The molecule has 1 aliphatic rings. The predicted octanol–water partition coefficient (Wildman–Crippen LogP) is 8.68. The number of halogens is 1. The van der Waals surface area contributed by atoms with Gasteiger partial charge < -0.3 is 9.47 Å². The standard InChI is InChI=1S/C32H42ClNO3/c1-4-5-6-7-18-32(23-34)19-16-28(17-20-32)26-10-8-25(9-11-26)27-12-14-29(15-13-27)36-21-22-37-31(35)30(33)24(2)3/h8-15,24,28,30H,4-7,16-22H2,1-3H3. The Labute approximate surface area is 228 Å². The van der Waals surface area contributed by atoms with Crippen LogP contribution in [0.4, 0.5) is 0 Å². The van der Waals surface area contributed by atoms with Crippen LogP contribution < -0.4 is 4.74 Å². The second-order valence-corrected chi connectivity index (χ2v) is 11.3. The molecule has 0 spiro atoms. The Hall–Kier alpha value is -2.51. The number of hydrogen-bond donors (Lipinski definition) is 0. The average Bonchev–Trinajstić information content (AvgIpc) is 2.93.